The Morgan fingerprint density at radius 2 is 2.36 bits per heavy atom. The van der Waals surface area contributed by atoms with E-state index in [-0.39, 0.29) is 0 Å². The molecule has 0 amide bonds. The van der Waals surface area contributed by atoms with Gasteiger partial charge < -0.3 is 15.4 Å². The lowest BCUT2D eigenvalue weighted by molar-refractivity contribution is 0.205. The van der Waals surface area contributed by atoms with E-state index in [0.29, 0.717) is 12.3 Å². The highest BCUT2D eigenvalue weighted by atomic mass is 16.5. The number of aromatic nitrogens is 2. The van der Waals surface area contributed by atoms with E-state index >= 15 is 0 Å². The van der Waals surface area contributed by atoms with Gasteiger partial charge in [-0.15, -0.1) is 0 Å². The summed E-state index contributed by atoms with van der Waals surface area (Å²) in [4.78, 5) is 2.10. The Kier molecular flexibility index (Phi) is 3.76. The number of rotatable bonds is 5. The second-order valence-electron chi connectivity index (χ2n) is 3.15. The van der Waals surface area contributed by atoms with Crippen LogP contribution in [0.1, 0.15) is 6.92 Å². The number of likely N-dealkylation sites (N-methyl/N-ethyl adjacent to an activating group) is 1. The molecule has 0 spiro atoms. The molecule has 0 radical (unpaired) electrons. The van der Waals surface area contributed by atoms with Crippen molar-refractivity contribution in [3.8, 4) is 0 Å². The molecular formula is C9H18N4O. The van der Waals surface area contributed by atoms with Crippen LogP contribution in [0.5, 0.6) is 0 Å². The van der Waals surface area contributed by atoms with E-state index < -0.39 is 0 Å². The van der Waals surface area contributed by atoms with E-state index in [0.717, 1.165) is 18.9 Å². The highest BCUT2D eigenvalue weighted by Gasteiger charge is 2.11. The molecule has 0 unspecified atom stereocenters. The van der Waals surface area contributed by atoms with Gasteiger partial charge in [-0.3, -0.25) is 4.68 Å². The standard InChI is InChI=1S/C9H18N4O/c1-4-13(5-6-14-3)9-8(10)7-12(2)11-9/h7H,4-6,10H2,1-3H3. The number of aryl methyl sites for hydroxylation is 1. The van der Waals surface area contributed by atoms with Crippen LogP contribution in [-0.2, 0) is 11.8 Å². The molecule has 0 atom stereocenters. The van der Waals surface area contributed by atoms with Gasteiger partial charge in [-0.2, -0.15) is 5.10 Å². The number of ether oxygens (including phenoxy) is 1. The molecule has 14 heavy (non-hydrogen) atoms. The second-order valence-corrected chi connectivity index (χ2v) is 3.15. The molecule has 5 nitrogen and oxygen atoms in total. The molecule has 0 aliphatic rings. The van der Waals surface area contributed by atoms with Crippen molar-refractivity contribution in [2.45, 2.75) is 6.92 Å². The van der Waals surface area contributed by atoms with Crippen molar-refractivity contribution < 1.29 is 4.74 Å². The molecular weight excluding hydrogens is 180 g/mol. The minimum absolute atomic E-state index is 0.684. The summed E-state index contributed by atoms with van der Waals surface area (Å²) in [7, 11) is 3.56. The zero-order valence-corrected chi connectivity index (χ0v) is 9.03. The summed E-state index contributed by atoms with van der Waals surface area (Å²) in [6.45, 7) is 4.45. The number of hydrogen-bond donors (Lipinski definition) is 1. The third-order valence-corrected chi connectivity index (χ3v) is 2.08. The minimum Gasteiger partial charge on any atom is -0.394 e. The molecule has 0 aromatic carbocycles. The van der Waals surface area contributed by atoms with E-state index in [4.69, 9.17) is 10.5 Å². The highest BCUT2D eigenvalue weighted by Crippen LogP contribution is 2.19. The van der Waals surface area contributed by atoms with Crippen molar-refractivity contribution in [3.63, 3.8) is 0 Å². The van der Waals surface area contributed by atoms with Gasteiger partial charge in [0.05, 0.1) is 12.3 Å². The Morgan fingerprint density at radius 1 is 1.64 bits per heavy atom. The molecule has 0 fully saturated rings. The van der Waals surface area contributed by atoms with Crippen LogP contribution in [0.3, 0.4) is 0 Å². The van der Waals surface area contributed by atoms with Crippen LogP contribution in [0.4, 0.5) is 11.5 Å². The van der Waals surface area contributed by atoms with Crippen molar-refractivity contribution in [1.29, 1.82) is 0 Å². The fourth-order valence-electron chi connectivity index (χ4n) is 1.36. The topological polar surface area (TPSA) is 56.3 Å². The maximum Gasteiger partial charge on any atom is 0.173 e. The minimum atomic E-state index is 0.684. The fourth-order valence-corrected chi connectivity index (χ4v) is 1.36. The Labute approximate surface area is 84.4 Å². The molecule has 1 rings (SSSR count). The van der Waals surface area contributed by atoms with Gasteiger partial charge in [0, 0.05) is 33.4 Å². The first-order valence-corrected chi connectivity index (χ1v) is 4.72. The van der Waals surface area contributed by atoms with E-state index in [1.807, 2.05) is 13.2 Å². The molecule has 0 saturated heterocycles. The first-order chi connectivity index (χ1) is 6.69. The number of hydrogen-bond acceptors (Lipinski definition) is 4. The van der Waals surface area contributed by atoms with Crippen molar-refractivity contribution in [1.82, 2.24) is 9.78 Å². The van der Waals surface area contributed by atoms with Gasteiger partial charge in [-0.05, 0) is 6.92 Å². The predicted molar refractivity (Wildman–Crippen MR) is 57.4 cm³/mol. The lowest BCUT2D eigenvalue weighted by Crippen LogP contribution is -2.27. The summed E-state index contributed by atoms with van der Waals surface area (Å²) >= 11 is 0. The van der Waals surface area contributed by atoms with Gasteiger partial charge in [-0.1, -0.05) is 0 Å². The van der Waals surface area contributed by atoms with Gasteiger partial charge in [0.25, 0.3) is 0 Å². The number of nitrogens with two attached hydrogens (primary N) is 1. The Bertz CT molecular complexity index is 284. The van der Waals surface area contributed by atoms with E-state index in [2.05, 4.69) is 16.9 Å². The predicted octanol–water partition coefficient (Wildman–Crippen LogP) is 0.475. The van der Waals surface area contributed by atoms with Crippen LogP contribution in [-0.4, -0.2) is 36.6 Å². The summed E-state index contributed by atoms with van der Waals surface area (Å²) in [6, 6.07) is 0. The van der Waals surface area contributed by atoms with Crippen molar-refractivity contribution in [2.75, 3.05) is 37.4 Å². The van der Waals surface area contributed by atoms with Crippen LogP contribution < -0.4 is 10.6 Å². The summed E-state index contributed by atoms with van der Waals surface area (Å²) < 4.78 is 6.75. The van der Waals surface area contributed by atoms with Gasteiger partial charge in [-0.25, -0.2) is 0 Å². The first-order valence-electron chi connectivity index (χ1n) is 4.72. The van der Waals surface area contributed by atoms with Crippen molar-refractivity contribution >= 4 is 11.5 Å². The van der Waals surface area contributed by atoms with E-state index in [1.54, 1.807) is 11.8 Å². The smallest absolute Gasteiger partial charge is 0.173 e. The summed E-state index contributed by atoms with van der Waals surface area (Å²) in [6.07, 6.45) is 1.81. The molecule has 1 aromatic rings. The number of nitrogens with zero attached hydrogens (tertiary/aromatic N) is 3. The summed E-state index contributed by atoms with van der Waals surface area (Å²) in [5.74, 6) is 0.840. The number of nitrogen functional groups attached to an aromatic ring is 1. The Hall–Kier alpha value is -1.23. The van der Waals surface area contributed by atoms with Crippen LogP contribution >= 0.6 is 0 Å². The van der Waals surface area contributed by atoms with Crippen molar-refractivity contribution in [3.05, 3.63) is 6.20 Å². The molecule has 0 saturated carbocycles. The van der Waals surface area contributed by atoms with Gasteiger partial charge in [0.2, 0.25) is 0 Å². The molecule has 1 heterocycles. The maximum atomic E-state index is 5.82. The monoisotopic (exact) mass is 198 g/mol. The molecule has 80 valence electrons. The largest absolute Gasteiger partial charge is 0.394 e. The average molecular weight is 198 g/mol. The van der Waals surface area contributed by atoms with Gasteiger partial charge in [0.1, 0.15) is 0 Å². The van der Waals surface area contributed by atoms with Gasteiger partial charge >= 0.3 is 0 Å². The Morgan fingerprint density at radius 3 is 2.79 bits per heavy atom. The molecule has 0 aliphatic carbocycles. The number of anilines is 2. The third kappa shape index (κ3) is 2.38. The second kappa shape index (κ2) is 4.85. The molecule has 0 bridgehead atoms. The van der Waals surface area contributed by atoms with Gasteiger partial charge in [0.15, 0.2) is 5.82 Å². The molecule has 2 N–H and O–H groups in total. The molecule has 5 heteroatoms. The lowest BCUT2D eigenvalue weighted by atomic mass is 10.4. The summed E-state index contributed by atoms with van der Waals surface area (Å²) in [5, 5.41) is 4.30. The zero-order chi connectivity index (χ0) is 10.6. The van der Waals surface area contributed by atoms with E-state index in [9.17, 15) is 0 Å². The highest BCUT2D eigenvalue weighted by molar-refractivity contribution is 5.61. The molecule has 1 aromatic heterocycles. The SMILES string of the molecule is CCN(CCOC)c1nn(C)cc1N. The van der Waals surface area contributed by atoms with Crippen molar-refractivity contribution in [2.24, 2.45) is 7.05 Å². The Balaban J connectivity index is 2.72. The quantitative estimate of drug-likeness (QED) is 0.747. The number of methoxy groups -OCH3 is 1. The van der Waals surface area contributed by atoms with Crippen LogP contribution in [0.25, 0.3) is 0 Å². The first kappa shape index (κ1) is 10.8. The van der Waals surface area contributed by atoms with E-state index in [1.165, 1.54) is 0 Å². The van der Waals surface area contributed by atoms with Crippen LogP contribution in [0, 0.1) is 0 Å². The molecule has 0 aliphatic heterocycles. The average Bonchev–Trinajstić information content (AvgIpc) is 2.47. The zero-order valence-electron chi connectivity index (χ0n) is 9.03. The maximum absolute atomic E-state index is 5.82. The third-order valence-electron chi connectivity index (χ3n) is 2.08. The van der Waals surface area contributed by atoms with Crippen LogP contribution in [0.15, 0.2) is 6.20 Å². The summed E-state index contributed by atoms with van der Waals surface area (Å²) in [5.41, 5.74) is 6.54. The normalized spacial score (nSPS) is 10.5. The lowest BCUT2D eigenvalue weighted by Gasteiger charge is -2.20. The van der Waals surface area contributed by atoms with Crippen LogP contribution in [0.2, 0.25) is 0 Å². The fraction of sp³-hybridized carbons (Fsp3) is 0.667.